The van der Waals surface area contributed by atoms with E-state index in [2.05, 4.69) is 40.8 Å². The largest absolute Gasteiger partial charge is 0.465 e. The van der Waals surface area contributed by atoms with Gasteiger partial charge in [0.15, 0.2) is 0 Å². The van der Waals surface area contributed by atoms with Crippen molar-refractivity contribution in [1.29, 1.82) is 0 Å². The van der Waals surface area contributed by atoms with Gasteiger partial charge in [0.1, 0.15) is 35.0 Å². The number of ether oxygens (including phenoxy) is 3. The molecular weight excluding hydrogens is 697 g/mol. The summed E-state index contributed by atoms with van der Waals surface area (Å²) in [6.07, 6.45) is -1.48. The zero-order valence-corrected chi connectivity index (χ0v) is 31.2. The number of esters is 1. The molecule has 5 rings (SSSR count). The molecule has 0 bridgehead atoms. The number of carbonyl (C=O) groups excluding carboxylic acids is 2. The molecule has 1 aliphatic heterocycles. The predicted molar refractivity (Wildman–Crippen MR) is 196 cm³/mol. The normalized spacial score (nSPS) is 16.8. The van der Waals surface area contributed by atoms with Crippen molar-refractivity contribution in [2.45, 2.75) is 65.7 Å². The highest BCUT2D eigenvalue weighted by Crippen LogP contribution is 2.43. The summed E-state index contributed by atoms with van der Waals surface area (Å²) in [6, 6.07) is 16.0. The molecule has 0 N–H and O–H groups in total. The Labute approximate surface area is 308 Å². The number of pyridine rings is 1. The molecule has 1 aliphatic carbocycles. The monoisotopic (exact) mass is 742 g/mol. The first-order valence-electron chi connectivity index (χ1n) is 17.3. The van der Waals surface area contributed by atoms with Crippen LogP contribution in [0.4, 0.5) is 29.5 Å². The average Bonchev–Trinajstić information content (AvgIpc) is 3.07. The van der Waals surface area contributed by atoms with E-state index in [4.69, 9.17) is 25.8 Å². The Morgan fingerprint density at radius 3 is 2.27 bits per heavy atom. The summed E-state index contributed by atoms with van der Waals surface area (Å²) in [7, 11) is 1.27. The van der Waals surface area contributed by atoms with Gasteiger partial charge in [-0.25, -0.2) is 14.6 Å². The molecule has 1 aromatic heterocycles. The predicted octanol–water partition coefficient (Wildman–Crippen LogP) is 9.40. The third kappa shape index (κ3) is 10.4. The first-order valence-corrected chi connectivity index (χ1v) is 17.7. The lowest BCUT2D eigenvalue weighted by Gasteiger charge is -2.39. The number of aromatic nitrogens is 1. The highest BCUT2D eigenvalue weighted by atomic mass is 35.5. The molecule has 13 heteroatoms. The zero-order valence-electron chi connectivity index (χ0n) is 30.5. The van der Waals surface area contributed by atoms with Crippen molar-refractivity contribution >= 4 is 40.7 Å². The maximum Gasteiger partial charge on any atom is 0.416 e. The second-order valence-electron chi connectivity index (χ2n) is 15.0. The van der Waals surface area contributed by atoms with E-state index in [-0.39, 0.29) is 28.3 Å². The fraction of sp³-hybridized carbons (Fsp3) is 0.462. The molecule has 52 heavy (non-hydrogen) atoms. The molecule has 2 heterocycles. The molecule has 0 saturated carbocycles. The van der Waals surface area contributed by atoms with Gasteiger partial charge in [0.25, 0.3) is 0 Å². The molecule has 1 saturated heterocycles. The van der Waals surface area contributed by atoms with Crippen LogP contribution in [0.1, 0.15) is 69.8 Å². The molecule has 3 aromatic rings. The van der Waals surface area contributed by atoms with Crippen molar-refractivity contribution in [2.24, 2.45) is 5.41 Å². The first-order chi connectivity index (χ1) is 24.4. The van der Waals surface area contributed by atoms with Gasteiger partial charge in [-0.2, -0.15) is 13.2 Å². The van der Waals surface area contributed by atoms with Gasteiger partial charge < -0.3 is 19.1 Å². The second-order valence-corrected chi connectivity index (χ2v) is 15.4. The topological polar surface area (TPSA) is 84.4 Å². The van der Waals surface area contributed by atoms with Gasteiger partial charge >= 0.3 is 18.2 Å². The van der Waals surface area contributed by atoms with Crippen molar-refractivity contribution in [2.75, 3.05) is 56.2 Å². The van der Waals surface area contributed by atoms with Gasteiger partial charge in [-0.05, 0) is 93.0 Å². The minimum atomic E-state index is -4.69. The van der Waals surface area contributed by atoms with Gasteiger partial charge in [-0.1, -0.05) is 43.2 Å². The number of methoxy groups -OCH3 is 1. The van der Waals surface area contributed by atoms with Crippen molar-refractivity contribution in [3.05, 3.63) is 82.5 Å². The van der Waals surface area contributed by atoms with Crippen LogP contribution in [0.2, 0.25) is 5.02 Å². The minimum Gasteiger partial charge on any atom is -0.465 e. The van der Waals surface area contributed by atoms with Crippen LogP contribution >= 0.6 is 11.6 Å². The summed E-state index contributed by atoms with van der Waals surface area (Å²) in [4.78, 5) is 34.5. The van der Waals surface area contributed by atoms with Gasteiger partial charge in [0.05, 0.1) is 13.3 Å². The number of allylic oxidation sites excluding steroid dienone is 1. The fourth-order valence-electron chi connectivity index (χ4n) is 6.42. The number of benzene rings is 2. The summed E-state index contributed by atoms with van der Waals surface area (Å²) >= 11 is 6.19. The summed E-state index contributed by atoms with van der Waals surface area (Å²) in [5, 5.41) is 0.728. The van der Waals surface area contributed by atoms with E-state index in [0.717, 1.165) is 62.7 Å². The van der Waals surface area contributed by atoms with Crippen molar-refractivity contribution in [1.82, 2.24) is 9.88 Å². The van der Waals surface area contributed by atoms with E-state index < -0.39 is 30.4 Å². The van der Waals surface area contributed by atoms with Crippen LogP contribution in [0.25, 0.3) is 5.57 Å². The summed E-state index contributed by atoms with van der Waals surface area (Å²) in [5.41, 5.74) is 4.35. The van der Waals surface area contributed by atoms with Crippen molar-refractivity contribution in [3.8, 4) is 11.5 Å². The van der Waals surface area contributed by atoms with Crippen LogP contribution in [0.5, 0.6) is 11.5 Å². The number of carbonyl (C=O) groups is 2. The molecule has 280 valence electrons. The van der Waals surface area contributed by atoms with E-state index in [9.17, 15) is 22.8 Å². The Hall–Kier alpha value is -4.29. The van der Waals surface area contributed by atoms with Gasteiger partial charge in [-0.3, -0.25) is 9.80 Å². The molecular formula is C39H46ClF3N4O5. The SMILES string of the molecule is COC(=O)c1ccc(N2CCN(CC3=C(c4ccc(Cl)cc4)CC(C)(C)CC3)CC2)cc1Oc1ccc(N(CC(F)(F)F)C(=O)OC(C)(C)C)nc1. The van der Waals surface area contributed by atoms with Crippen LogP contribution in [0.3, 0.4) is 0 Å². The maximum absolute atomic E-state index is 13.4. The molecule has 9 nitrogen and oxygen atoms in total. The second kappa shape index (κ2) is 15.8. The number of amides is 1. The Kier molecular flexibility index (Phi) is 11.8. The lowest BCUT2D eigenvalue weighted by atomic mass is 9.72. The Bertz CT molecular complexity index is 1760. The highest BCUT2D eigenvalue weighted by molar-refractivity contribution is 6.30. The number of alkyl halides is 3. The molecule has 1 fully saturated rings. The van der Waals surface area contributed by atoms with E-state index in [0.29, 0.717) is 4.90 Å². The quantitative estimate of drug-likeness (QED) is 0.201. The van der Waals surface area contributed by atoms with Crippen LogP contribution in [-0.2, 0) is 9.47 Å². The number of hydrogen-bond acceptors (Lipinski definition) is 8. The summed E-state index contributed by atoms with van der Waals surface area (Å²) in [6.45, 7) is 11.8. The standard InChI is InChI=1S/C39H46ClF3N4O5/c1-37(2,3)52-36(49)47(25-39(41,42)43)34-14-12-30(23-44-34)51-33-21-29(11-13-31(33)35(48)50-6)46-19-17-45(18-20-46)24-27-15-16-38(4,5)22-32(27)26-7-9-28(40)10-8-26/h7-14,21,23H,15-20,22,24-25H2,1-6H3. The number of piperazine rings is 1. The van der Waals surface area contributed by atoms with Crippen LogP contribution in [-0.4, -0.2) is 80.1 Å². The Morgan fingerprint density at radius 2 is 1.67 bits per heavy atom. The van der Waals surface area contributed by atoms with Crippen molar-refractivity contribution in [3.63, 3.8) is 0 Å². The van der Waals surface area contributed by atoms with Crippen LogP contribution in [0, 0.1) is 5.41 Å². The number of nitrogens with zero attached hydrogens (tertiary/aromatic N) is 4. The van der Waals surface area contributed by atoms with Crippen LogP contribution in [0.15, 0.2) is 66.4 Å². The third-order valence-corrected chi connectivity index (χ3v) is 9.33. The molecule has 1 amide bonds. The lowest BCUT2D eigenvalue weighted by Crippen LogP contribution is -2.47. The van der Waals surface area contributed by atoms with Crippen LogP contribution < -0.4 is 14.5 Å². The molecule has 0 atom stereocenters. The molecule has 2 aromatic carbocycles. The number of hydrogen-bond donors (Lipinski definition) is 0. The molecule has 2 aliphatic rings. The van der Waals surface area contributed by atoms with Crippen molar-refractivity contribution < 1.29 is 37.0 Å². The summed E-state index contributed by atoms with van der Waals surface area (Å²) < 4.78 is 56.4. The average molecular weight is 743 g/mol. The van der Waals surface area contributed by atoms with Gasteiger partial charge in [-0.15, -0.1) is 0 Å². The molecule has 0 spiro atoms. The molecule has 0 radical (unpaired) electrons. The smallest absolute Gasteiger partial charge is 0.416 e. The zero-order chi connectivity index (χ0) is 37.8. The Morgan fingerprint density at radius 1 is 0.981 bits per heavy atom. The van der Waals surface area contributed by atoms with E-state index >= 15 is 0 Å². The maximum atomic E-state index is 13.4. The molecule has 0 unspecified atom stereocenters. The minimum absolute atomic E-state index is 0.146. The lowest BCUT2D eigenvalue weighted by molar-refractivity contribution is -0.119. The van der Waals surface area contributed by atoms with E-state index in [1.165, 1.54) is 42.1 Å². The number of rotatable bonds is 9. The van der Waals surface area contributed by atoms with Gasteiger partial charge in [0, 0.05) is 49.5 Å². The Balaban J connectivity index is 1.30. The summed E-state index contributed by atoms with van der Waals surface area (Å²) in [5.74, 6) is -0.542. The highest BCUT2D eigenvalue weighted by Gasteiger charge is 2.37. The number of anilines is 2. The first kappa shape index (κ1) is 38.9. The number of halogens is 4. The third-order valence-electron chi connectivity index (χ3n) is 9.08. The van der Waals surface area contributed by atoms with E-state index in [1.807, 2.05) is 18.2 Å². The van der Waals surface area contributed by atoms with Gasteiger partial charge in [0.2, 0.25) is 0 Å². The fourth-order valence-corrected chi connectivity index (χ4v) is 6.55. The van der Waals surface area contributed by atoms with E-state index in [1.54, 1.807) is 32.9 Å².